The maximum atomic E-state index is 6.17. The Bertz CT molecular complexity index is 358. The van der Waals surface area contributed by atoms with Gasteiger partial charge in [-0.3, -0.25) is 9.88 Å². The van der Waals surface area contributed by atoms with E-state index >= 15 is 0 Å². The summed E-state index contributed by atoms with van der Waals surface area (Å²) in [7, 11) is 0. The summed E-state index contributed by atoms with van der Waals surface area (Å²) >= 11 is 0. The first-order valence-electron chi connectivity index (χ1n) is 7.65. The summed E-state index contributed by atoms with van der Waals surface area (Å²) < 4.78 is 0. The fraction of sp³-hybridized carbons (Fsp3) is 0.688. The largest absolute Gasteiger partial charge is 0.329 e. The minimum atomic E-state index is 0.234. The number of nitrogens with zero attached hydrogens (tertiary/aromatic N) is 2. The van der Waals surface area contributed by atoms with Gasteiger partial charge in [-0.15, -0.1) is 0 Å². The molecule has 3 heteroatoms. The van der Waals surface area contributed by atoms with E-state index < -0.39 is 0 Å². The molecule has 1 aliphatic rings. The van der Waals surface area contributed by atoms with Crippen LogP contribution < -0.4 is 5.73 Å². The molecule has 0 aromatic carbocycles. The second kappa shape index (κ2) is 7.01. The molecule has 1 aromatic heterocycles. The lowest BCUT2D eigenvalue weighted by Crippen LogP contribution is -2.54. The van der Waals surface area contributed by atoms with Gasteiger partial charge in [0.2, 0.25) is 0 Å². The summed E-state index contributed by atoms with van der Waals surface area (Å²) in [5.74, 6) is 0. The highest BCUT2D eigenvalue weighted by Gasteiger charge is 2.36. The number of rotatable bonds is 6. The highest BCUT2D eigenvalue weighted by Crippen LogP contribution is 2.34. The Morgan fingerprint density at radius 1 is 1.21 bits per heavy atom. The van der Waals surface area contributed by atoms with Crippen LogP contribution in [0.15, 0.2) is 24.5 Å². The molecule has 19 heavy (non-hydrogen) atoms. The third-order valence-corrected chi connectivity index (χ3v) is 4.45. The van der Waals surface area contributed by atoms with E-state index in [2.05, 4.69) is 28.9 Å². The number of hydrogen-bond donors (Lipinski definition) is 1. The fourth-order valence-corrected chi connectivity index (χ4v) is 3.32. The van der Waals surface area contributed by atoms with Crippen molar-refractivity contribution in [1.82, 2.24) is 9.88 Å². The van der Waals surface area contributed by atoms with Gasteiger partial charge in [0.1, 0.15) is 0 Å². The van der Waals surface area contributed by atoms with Crippen LogP contribution in [-0.4, -0.2) is 28.5 Å². The molecule has 2 rings (SSSR count). The Hall–Kier alpha value is -0.930. The van der Waals surface area contributed by atoms with Gasteiger partial charge in [-0.1, -0.05) is 26.2 Å². The number of aromatic nitrogens is 1. The highest BCUT2D eigenvalue weighted by molar-refractivity contribution is 5.11. The van der Waals surface area contributed by atoms with E-state index in [0.29, 0.717) is 0 Å². The average Bonchev–Trinajstić information content (AvgIpc) is 2.48. The maximum Gasteiger partial charge on any atom is 0.0335 e. The topological polar surface area (TPSA) is 42.2 Å². The van der Waals surface area contributed by atoms with Crippen molar-refractivity contribution in [3.8, 4) is 0 Å². The Balaban J connectivity index is 2.13. The molecule has 3 nitrogen and oxygen atoms in total. The second-order valence-electron chi connectivity index (χ2n) is 5.77. The van der Waals surface area contributed by atoms with Crippen LogP contribution in [0, 0.1) is 0 Å². The molecule has 0 amide bonds. The first-order valence-corrected chi connectivity index (χ1v) is 7.65. The molecule has 2 N–H and O–H groups in total. The van der Waals surface area contributed by atoms with Crippen molar-refractivity contribution in [3.05, 3.63) is 30.1 Å². The number of nitrogens with two attached hydrogens (primary N) is 1. The number of hydrogen-bond acceptors (Lipinski definition) is 3. The molecule has 106 valence electrons. The van der Waals surface area contributed by atoms with Crippen LogP contribution in [0.2, 0.25) is 0 Å². The van der Waals surface area contributed by atoms with Crippen molar-refractivity contribution in [1.29, 1.82) is 0 Å². The van der Waals surface area contributed by atoms with Crippen LogP contribution in [0.25, 0.3) is 0 Å². The molecule has 0 aliphatic heterocycles. The second-order valence-corrected chi connectivity index (χ2v) is 5.77. The van der Waals surface area contributed by atoms with Gasteiger partial charge in [-0.2, -0.15) is 0 Å². The predicted molar refractivity (Wildman–Crippen MR) is 79.8 cm³/mol. The number of pyridine rings is 1. The lowest BCUT2D eigenvalue weighted by molar-refractivity contribution is 0.0494. The van der Waals surface area contributed by atoms with E-state index in [1.807, 2.05) is 12.4 Å². The minimum absolute atomic E-state index is 0.234. The van der Waals surface area contributed by atoms with E-state index in [9.17, 15) is 0 Å². The third-order valence-electron chi connectivity index (χ3n) is 4.45. The van der Waals surface area contributed by atoms with Gasteiger partial charge >= 0.3 is 0 Å². The lowest BCUT2D eigenvalue weighted by atomic mass is 9.80. The van der Waals surface area contributed by atoms with E-state index in [-0.39, 0.29) is 5.54 Å². The van der Waals surface area contributed by atoms with Crippen LogP contribution in [0.1, 0.15) is 51.0 Å². The quantitative estimate of drug-likeness (QED) is 0.856. The van der Waals surface area contributed by atoms with Gasteiger partial charge < -0.3 is 5.73 Å². The molecule has 0 radical (unpaired) electrons. The van der Waals surface area contributed by atoms with E-state index in [0.717, 1.165) is 19.6 Å². The lowest BCUT2D eigenvalue weighted by Gasteiger charge is -2.46. The molecular formula is C16H27N3. The molecule has 0 spiro atoms. The first kappa shape index (κ1) is 14.5. The summed E-state index contributed by atoms with van der Waals surface area (Å²) in [5, 5.41) is 0. The van der Waals surface area contributed by atoms with Crippen molar-refractivity contribution >= 4 is 0 Å². The monoisotopic (exact) mass is 261 g/mol. The Labute approximate surface area is 117 Å². The van der Waals surface area contributed by atoms with E-state index in [4.69, 9.17) is 5.73 Å². The molecule has 0 saturated heterocycles. The third kappa shape index (κ3) is 3.54. The van der Waals surface area contributed by atoms with Gasteiger partial charge in [-0.05, 0) is 43.5 Å². The SMILES string of the molecule is CCCN(Cc1ccncc1)C1(CN)CCCCC1. The fourth-order valence-electron chi connectivity index (χ4n) is 3.32. The summed E-state index contributed by atoms with van der Waals surface area (Å²) in [4.78, 5) is 6.73. The first-order chi connectivity index (χ1) is 9.30. The summed E-state index contributed by atoms with van der Waals surface area (Å²) in [5.41, 5.74) is 7.75. The van der Waals surface area contributed by atoms with Crippen molar-refractivity contribution < 1.29 is 0 Å². The van der Waals surface area contributed by atoms with Crippen LogP contribution in [0.5, 0.6) is 0 Å². The Kier molecular flexibility index (Phi) is 5.34. The summed E-state index contributed by atoms with van der Waals surface area (Å²) in [6, 6.07) is 4.24. The zero-order valence-electron chi connectivity index (χ0n) is 12.1. The Morgan fingerprint density at radius 2 is 1.89 bits per heavy atom. The van der Waals surface area contributed by atoms with Crippen LogP contribution in [0.4, 0.5) is 0 Å². The van der Waals surface area contributed by atoms with Crippen molar-refractivity contribution in [2.75, 3.05) is 13.1 Å². The molecule has 0 atom stereocenters. The van der Waals surface area contributed by atoms with Crippen LogP contribution in [-0.2, 0) is 6.54 Å². The summed E-state index contributed by atoms with van der Waals surface area (Å²) in [6.07, 6.45) is 11.5. The summed E-state index contributed by atoms with van der Waals surface area (Å²) in [6.45, 7) is 5.19. The standard InChI is InChI=1S/C16H27N3/c1-2-12-19(13-15-6-10-18-11-7-15)16(14-17)8-4-3-5-9-16/h6-7,10-11H,2-5,8-9,12-14,17H2,1H3. The zero-order valence-corrected chi connectivity index (χ0v) is 12.1. The van der Waals surface area contributed by atoms with E-state index in [1.54, 1.807) is 0 Å². The van der Waals surface area contributed by atoms with Gasteiger partial charge in [0, 0.05) is 31.0 Å². The van der Waals surface area contributed by atoms with Crippen LogP contribution in [0.3, 0.4) is 0 Å². The van der Waals surface area contributed by atoms with Crippen molar-refractivity contribution in [2.45, 2.75) is 57.5 Å². The van der Waals surface area contributed by atoms with Gasteiger partial charge in [0.25, 0.3) is 0 Å². The zero-order chi connectivity index (χ0) is 13.6. The molecule has 0 bridgehead atoms. The molecule has 0 unspecified atom stereocenters. The van der Waals surface area contributed by atoms with Crippen molar-refractivity contribution in [3.63, 3.8) is 0 Å². The van der Waals surface area contributed by atoms with E-state index in [1.165, 1.54) is 44.1 Å². The molecule has 1 saturated carbocycles. The van der Waals surface area contributed by atoms with Gasteiger partial charge in [0.05, 0.1) is 0 Å². The normalized spacial score (nSPS) is 18.7. The molecule has 1 aromatic rings. The molecule has 1 heterocycles. The highest BCUT2D eigenvalue weighted by atomic mass is 15.2. The predicted octanol–water partition coefficient (Wildman–Crippen LogP) is 2.96. The molecule has 1 fully saturated rings. The Morgan fingerprint density at radius 3 is 2.47 bits per heavy atom. The van der Waals surface area contributed by atoms with Gasteiger partial charge in [0.15, 0.2) is 0 Å². The molecule has 1 aliphatic carbocycles. The van der Waals surface area contributed by atoms with Gasteiger partial charge in [-0.25, -0.2) is 0 Å². The smallest absolute Gasteiger partial charge is 0.0335 e. The minimum Gasteiger partial charge on any atom is -0.329 e. The van der Waals surface area contributed by atoms with Crippen LogP contribution >= 0.6 is 0 Å². The maximum absolute atomic E-state index is 6.17. The average molecular weight is 261 g/mol. The molecular weight excluding hydrogens is 234 g/mol. The van der Waals surface area contributed by atoms with Crippen molar-refractivity contribution in [2.24, 2.45) is 5.73 Å².